The van der Waals surface area contributed by atoms with Gasteiger partial charge in [-0.05, 0) is 36.2 Å². The molecule has 22 heavy (non-hydrogen) atoms. The van der Waals surface area contributed by atoms with Crippen molar-refractivity contribution in [2.45, 2.75) is 20.5 Å². The Morgan fingerprint density at radius 2 is 2.00 bits per heavy atom. The summed E-state index contributed by atoms with van der Waals surface area (Å²) in [5, 5.41) is 5.59. The van der Waals surface area contributed by atoms with Gasteiger partial charge in [0.15, 0.2) is 0 Å². The van der Waals surface area contributed by atoms with Crippen molar-refractivity contribution in [3.8, 4) is 5.75 Å². The molecule has 5 nitrogen and oxygen atoms in total. The molecular formula is C17H21N3O2. The molecule has 1 aromatic carbocycles. The van der Waals surface area contributed by atoms with Crippen LogP contribution in [0.25, 0.3) is 0 Å². The van der Waals surface area contributed by atoms with Gasteiger partial charge >= 0.3 is 6.03 Å². The van der Waals surface area contributed by atoms with Gasteiger partial charge in [-0.3, -0.25) is 4.98 Å². The van der Waals surface area contributed by atoms with E-state index in [2.05, 4.69) is 29.5 Å². The fourth-order valence-electron chi connectivity index (χ4n) is 1.76. The molecule has 0 bridgehead atoms. The molecular weight excluding hydrogens is 278 g/mol. The molecule has 116 valence electrons. The normalized spacial score (nSPS) is 10.3. The summed E-state index contributed by atoms with van der Waals surface area (Å²) in [5.41, 5.74) is 1.74. The lowest BCUT2D eigenvalue weighted by molar-refractivity contribution is 0.251. The predicted octanol–water partition coefficient (Wildman–Crippen LogP) is 3.44. The fraction of sp³-hybridized carbons (Fsp3) is 0.294. The van der Waals surface area contributed by atoms with Gasteiger partial charge in [0.2, 0.25) is 0 Å². The van der Waals surface area contributed by atoms with Crippen molar-refractivity contribution in [2.24, 2.45) is 5.92 Å². The molecule has 1 aromatic heterocycles. The van der Waals surface area contributed by atoms with E-state index in [4.69, 9.17) is 4.74 Å². The predicted molar refractivity (Wildman–Crippen MR) is 86.9 cm³/mol. The van der Waals surface area contributed by atoms with Crippen LogP contribution in [0.5, 0.6) is 5.75 Å². The molecule has 2 amide bonds. The highest BCUT2D eigenvalue weighted by atomic mass is 16.5. The van der Waals surface area contributed by atoms with E-state index in [0.29, 0.717) is 19.1 Å². The minimum Gasteiger partial charge on any atom is -0.489 e. The zero-order valence-corrected chi connectivity index (χ0v) is 12.9. The molecule has 2 aromatic rings. The second-order valence-corrected chi connectivity index (χ2v) is 5.40. The number of carbonyl (C=O) groups is 1. The number of nitrogens with one attached hydrogen (secondary N) is 2. The number of amides is 2. The van der Waals surface area contributed by atoms with E-state index in [1.54, 1.807) is 12.4 Å². The first-order valence-electron chi connectivity index (χ1n) is 7.30. The van der Waals surface area contributed by atoms with Crippen molar-refractivity contribution in [1.29, 1.82) is 0 Å². The zero-order chi connectivity index (χ0) is 15.8. The average molecular weight is 299 g/mol. The highest BCUT2D eigenvalue weighted by Crippen LogP contribution is 2.16. The monoisotopic (exact) mass is 299 g/mol. The lowest BCUT2D eigenvalue weighted by Gasteiger charge is -2.10. The highest BCUT2D eigenvalue weighted by molar-refractivity contribution is 5.89. The number of rotatable bonds is 6. The van der Waals surface area contributed by atoms with Crippen LogP contribution < -0.4 is 15.4 Å². The maximum Gasteiger partial charge on any atom is 0.319 e. The standard InChI is InChI=1S/C17H21N3O2/c1-13(2)10-19-17(21)20-15-5-7-16(8-6-15)22-12-14-4-3-9-18-11-14/h3-9,11,13H,10,12H2,1-2H3,(H2,19,20,21). The molecule has 5 heteroatoms. The number of anilines is 1. The Kier molecular flexibility index (Phi) is 5.77. The highest BCUT2D eigenvalue weighted by Gasteiger charge is 2.03. The number of urea groups is 1. The van der Waals surface area contributed by atoms with Gasteiger partial charge in [0.05, 0.1) is 0 Å². The number of pyridine rings is 1. The van der Waals surface area contributed by atoms with Gasteiger partial charge in [-0.2, -0.15) is 0 Å². The Bertz CT molecular complexity index is 583. The van der Waals surface area contributed by atoms with E-state index in [1.807, 2.05) is 36.4 Å². The minimum absolute atomic E-state index is 0.197. The van der Waals surface area contributed by atoms with Crippen molar-refractivity contribution >= 4 is 11.7 Å². The van der Waals surface area contributed by atoms with Crippen molar-refractivity contribution in [3.05, 3.63) is 54.4 Å². The third-order valence-corrected chi connectivity index (χ3v) is 2.91. The van der Waals surface area contributed by atoms with Gasteiger partial charge in [-0.15, -0.1) is 0 Å². The average Bonchev–Trinajstić information content (AvgIpc) is 2.53. The zero-order valence-electron chi connectivity index (χ0n) is 12.9. The first-order valence-corrected chi connectivity index (χ1v) is 7.30. The molecule has 0 unspecified atom stereocenters. The number of hydrogen-bond acceptors (Lipinski definition) is 3. The quantitative estimate of drug-likeness (QED) is 0.859. The van der Waals surface area contributed by atoms with Crippen molar-refractivity contribution < 1.29 is 9.53 Å². The van der Waals surface area contributed by atoms with E-state index < -0.39 is 0 Å². The van der Waals surface area contributed by atoms with E-state index in [0.717, 1.165) is 17.0 Å². The third-order valence-electron chi connectivity index (χ3n) is 2.91. The van der Waals surface area contributed by atoms with Crippen LogP contribution in [0.4, 0.5) is 10.5 Å². The number of nitrogens with zero attached hydrogens (tertiary/aromatic N) is 1. The Morgan fingerprint density at radius 3 is 2.64 bits per heavy atom. The molecule has 0 spiro atoms. The third kappa shape index (κ3) is 5.44. The maximum absolute atomic E-state index is 11.7. The first-order chi connectivity index (χ1) is 10.6. The number of carbonyl (C=O) groups excluding carboxylic acids is 1. The maximum atomic E-state index is 11.7. The number of hydrogen-bond donors (Lipinski definition) is 2. The Labute approximate surface area is 130 Å². The molecule has 0 saturated carbocycles. The minimum atomic E-state index is -0.197. The van der Waals surface area contributed by atoms with Crippen molar-refractivity contribution in [1.82, 2.24) is 10.3 Å². The lowest BCUT2D eigenvalue weighted by Crippen LogP contribution is -2.31. The molecule has 0 atom stereocenters. The number of benzene rings is 1. The molecule has 0 aliphatic rings. The van der Waals surface area contributed by atoms with Crippen molar-refractivity contribution in [3.63, 3.8) is 0 Å². The van der Waals surface area contributed by atoms with Gasteiger partial charge in [-0.25, -0.2) is 4.79 Å². The second-order valence-electron chi connectivity index (χ2n) is 5.40. The SMILES string of the molecule is CC(C)CNC(=O)Nc1ccc(OCc2cccnc2)cc1. The van der Waals surface area contributed by atoms with Crippen LogP contribution in [0, 0.1) is 5.92 Å². The molecule has 0 aliphatic heterocycles. The molecule has 0 radical (unpaired) electrons. The summed E-state index contributed by atoms with van der Waals surface area (Å²) in [7, 11) is 0. The van der Waals surface area contributed by atoms with Crippen LogP contribution in [0.15, 0.2) is 48.8 Å². The van der Waals surface area contributed by atoms with Crippen LogP contribution in [0.2, 0.25) is 0 Å². The number of aromatic nitrogens is 1. The molecule has 0 saturated heterocycles. The fourth-order valence-corrected chi connectivity index (χ4v) is 1.76. The largest absolute Gasteiger partial charge is 0.489 e. The Balaban J connectivity index is 1.81. The van der Waals surface area contributed by atoms with E-state index in [-0.39, 0.29) is 6.03 Å². The van der Waals surface area contributed by atoms with Crippen molar-refractivity contribution in [2.75, 3.05) is 11.9 Å². The van der Waals surface area contributed by atoms with Gasteiger partial charge in [-0.1, -0.05) is 19.9 Å². The molecule has 0 fully saturated rings. The van der Waals surface area contributed by atoms with Crippen LogP contribution in [0.3, 0.4) is 0 Å². The summed E-state index contributed by atoms with van der Waals surface area (Å²) >= 11 is 0. The van der Waals surface area contributed by atoms with Gasteiger partial charge in [0.25, 0.3) is 0 Å². The number of ether oxygens (including phenoxy) is 1. The van der Waals surface area contributed by atoms with Gasteiger partial charge in [0.1, 0.15) is 12.4 Å². The topological polar surface area (TPSA) is 63.2 Å². The lowest BCUT2D eigenvalue weighted by atomic mass is 10.2. The summed E-state index contributed by atoms with van der Waals surface area (Å²) in [6.07, 6.45) is 3.50. The summed E-state index contributed by atoms with van der Waals surface area (Å²) in [5.74, 6) is 1.17. The van der Waals surface area contributed by atoms with E-state index in [9.17, 15) is 4.79 Å². The summed E-state index contributed by atoms with van der Waals surface area (Å²) in [4.78, 5) is 15.7. The summed E-state index contributed by atoms with van der Waals surface area (Å²) < 4.78 is 5.66. The van der Waals surface area contributed by atoms with Crippen LogP contribution in [0.1, 0.15) is 19.4 Å². The molecule has 2 rings (SSSR count). The summed E-state index contributed by atoms with van der Waals surface area (Å²) in [6, 6.07) is 10.9. The van der Waals surface area contributed by atoms with Gasteiger partial charge in [0, 0.05) is 30.2 Å². The van der Waals surface area contributed by atoms with Crippen LogP contribution in [-0.2, 0) is 6.61 Å². The Hall–Kier alpha value is -2.56. The Morgan fingerprint density at radius 1 is 1.23 bits per heavy atom. The summed E-state index contributed by atoms with van der Waals surface area (Å²) in [6.45, 7) is 5.22. The van der Waals surface area contributed by atoms with Gasteiger partial charge < -0.3 is 15.4 Å². The molecule has 1 heterocycles. The van der Waals surface area contributed by atoms with Crippen LogP contribution >= 0.6 is 0 Å². The molecule has 2 N–H and O–H groups in total. The van der Waals surface area contributed by atoms with Crippen LogP contribution in [-0.4, -0.2) is 17.6 Å². The second kappa shape index (κ2) is 8.02. The first kappa shape index (κ1) is 15.8. The molecule has 0 aliphatic carbocycles. The van der Waals surface area contributed by atoms with E-state index >= 15 is 0 Å². The van der Waals surface area contributed by atoms with E-state index in [1.165, 1.54) is 0 Å². The smallest absolute Gasteiger partial charge is 0.319 e.